The Morgan fingerprint density at radius 2 is 0.933 bits per heavy atom. The monoisotopic (exact) mass is 438 g/mol. The highest BCUT2D eigenvalue weighted by atomic mass is 32.2. The lowest BCUT2D eigenvalue weighted by Crippen LogP contribution is -2.11. The van der Waals surface area contributed by atoms with Gasteiger partial charge in [-0.25, -0.2) is 0 Å². The molecule has 0 saturated carbocycles. The molecule has 0 fully saturated rings. The first-order chi connectivity index (χ1) is 14.2. The van der Waals surface area contributed by atoms with E-state index in [2.05, 4.69) is 6.92 Å². The van der Waals surface area contributed by atoms with Gasteiger partial charge in [0.25, 0.3) is 10.1 Å². The fraction of sp³-hybridized carbons (Fsp3) is 0.769. The standard InChI is InChI=1S/C26H46O3S/c1-6-7-8-9-10-11-12-13-14-15-16-17-18-19-20-25-23(4)21(2)22(3)24(5)26(25)30(27,28)29/h6-20H2,1-5H3,(H,27,28,29). The van der Waals surface area contributed by atoms with Gasteiger partial charge < -0.3 is 0 Å². The summed E-state index contributed by atoms with van der Waals surface area (Å²) < 4.78 is 33.8. The van der Waals surface area contributed by atoms with Crippen molar-refractivity contribution >= 4 is 10.1 Å². The first-order valence-electron chi connectivity index (χ1n) is 12.3. The fourth-order valence-corrected chi connectivity index (χ4v) is 5.61. The van der Waals surface area contributed by atoms with E-state index in [1.807, 2.05) is 20.8 Å². The van der Waals surface area contributed by atoms with Crippen LogP contribution in [0.4, 0.5) is 0 Å². The fourth-order valence-electron chi connectivity index (χ4n) is 4.50. The van der Waals surface area contributed by atoms with Crippen molar-refractivity contribution in [3.8, 4) is 0 Å². The van der Waals surface area contributed by atoms with Crippen molar-refractivity contribution in [1.82, 2.24) is 0 Å². The van der Waals surface area contributed by atoms with E-state index in [-0.39, 0.29) is 4.90 Å². The van der Waals surface area contributed by atoms with Gasteiger partial charge in [-0.1, -0.05) is 90.4 Å². The number of hydrogen-bond acceptors (Lipinski definition) is 2. The lowest BCUT2D eigenvalue weighted by Gasteiger charge is -2.19. The van der Waals surface area contributed by atoms with Crippen LogP contribution >= 0.6 is 0 Å². The minimum absolute atomic E-state index is 0.151. The molecule has 0 spiro atoms. The van der Waals surface area contributed by atoms with Crippen LogP contribution in [0.5, 0.6) is 0 Å². The highest BCUT2D eigenvalue weighted by Crippen LogP contribution is 2.31. The average molecular weight is 439 g/mol. The maximum Gasteiger partial charge on any atom is 0.295 e. The molecule has 0 aliphatic heterocycles. The van der Waals surface area contributed by atoms with Gasteiger partial charge in [0.2, 0.25) is 0 Å². The zero-order valence-corrected chi connectivity index (χ0v) is 21.1. The minimum Gasteiger partial charge on any atom is -0.282 e. The minimum atomic E-state index is -4.20. The SMILES string of the molecule is CCCCCCCCCCCCCCCCc1c(C)c(C)c(C)c(C)c1S(=O)(=O)O. The molecule has 0 unspecified atom stereocenters. The molecule has 4 heteroatoms. The second-order valence-electron chi connectivity index (χ2n) is 9.13. The molecule has 0 radical (unpaired) electrons. The van der Waals surface area contributed by atoms with E-state index in [1.165, 1.54) is 77.0 Å². The van der Waals surface area contributed by atoms with Gasteiger partial charge in [-0.3, -0.25) is 4.55 Å². The van der Waals surface area contributed by atoms with Crippen LogP contribution in [0.3, 0.4) is 0 Å². The second-order valence-corrected chi connectivity index (χ2v) is 10.5. The predicted molar refractivity (Wildman–Crippen MR) is 129 cm³/mol. The van der Waals surface area contributed by atoms with E-state index in [1.54, 1.807) is 6.92 Å². The van der Waals surface area contributed by atoms with Gasteiger partial charge in [0.15, 0.2) is 0 Å². The highest BCUT2D eigenvalue weighted by molar-refractivity contribution is 7.86. The summed E-state index contributed by atoms with van der Waals surface area (Å²) in [6.07, 6.45) is 19.0. The third-order valence-corrected chi connectivity index (χ3v) is 7.86. The molecular weight excluding hydrogens is 392 g/mol. The Morgan fingerprint density at radius 3 is 1.33 bits per heavy atom. The summed E-state index contributed by atoms with van der Waals surface area (Å²) in [6, 6.07) is 0. The average Bonchev–Trinajstić information content (AvgIpc) is 2.69. The van der Waals surface area contributed by atoms with Crippen LogP contribution in [0.25, 0.3) is 0 Å². The zero-order valence-electron chi connectivity index (χ0n) is 20.3. The van der Waals surface area contributed by atoms with Crippen LogP contribution < -0.4 is 0 Å². The topological polar surface area (TPSA) is 54.4 Å². The third kappa shape index (κ3) is 9.09. The van der Waals surface area contributed by atoms with Crippen molar-refractivity contribution in [2.75, 3.05) is 0 Å². The molecule has 0 heterocycles. The van der Waals surface area contributed by atoms with E-state index in [9.17, 15) is 13.0 Å². The maximum atomic E-state index is 12.0. The Kier molecular flexibility index (Phi) is 12.9. The molecule has 0 aliphatic carbocycles. The molecule has 1 rings (SSSR count). The maximum absolute atomic E-state index is 12.0. The molecule has 30 heavy (non-hydrogen) atoms. The van der Waals surface area contributed by atoms with Crippen LogP contribution in [0.2, 0.25) is 0 Å². The Labute approximate surface area is 186 Å². The van der Waals surface area contributed by atoms with Crippen molar-refractivity contribution in [2.24, 2.45) is 0 Å². The molecule has 0 saturated heterocycles. The summed E-state index contributed by atoms with van der Waals surface area (Å²) in [5, 5.41) is 0. The Hall–Kier alpha value is -0.870. The normalized spacial score (nSPS) is 11.9. The third-order valence-electron chi connectivity index (χ3n) is 6.79. The van der Waals surface area contributed by atoms with E-state index in [0.29, 0.717) is 5.56 Å². The van der Waals surface area contributed by atoms with Crippen molar-refractivity contribution in [3.63, 3.8) is 0 Å². The molecule has 1 N–H and O–H groups in total. The molecule has 0 amide bonds. The second kappa shape index (κ2) is 14.2. The summed E-state index contributed by atoms with van der Waals surface area (Å²) in [5.74, 6) is 0. The van der Waals surface area contributed by atoms with Gasteiger partial charge in [-0.05, 0) is 68.4 Å². The molecule has 0 aromatic heterocycles. The van der Waals surface area contributed by atoms with Crippen LogP contribution in [-0.4, -0.2) is 13.0 Å². The molecule has 174 valence electrons. The number of rotatable bonds is 16. The van der Waals surface area contributed by atoms with Crippen LogP contribution in [0.15, 0.2) is 4.90 Å². The lowest BCUT2D eigenvalue weighted by molar-refractivity contribution is 0.480. The van der Waals surface area contributed by atoms with Gasteiger partial charge in [0.05, 0.1) is 0 Å². The molecule has 1 aromatic rings. The summed E-state index contributed by atoms with van der Waals surface area (Å²) in [7, 11) is -4.20. The van der Waals surface area contributed by atoms with Crippen molar-refractivity contribution in [1.29, 1.82) is 0 Å². The lowest BCUT2D eigenvalue weighted by atomic mass is 9.91. The Bertz CT molecular complexity index is 735. The highest BCUT2D eigenvalue weighted by Gasteiger charge is 2.23. The summed E-state index contributed by atoms with van der Waals surface area (Å²) in [4.78, 5) is 0.151. The van der Waals surface area contributed by atoms with Gasteiger partial charge >= 0.3 is 0 Å². The van der Waals surface area contributed by atoms with E-state index in [0.717, 1.165) is 41.5 Å². The Balaban J connectivity index is 2.29. The van der Waals surface area contributed by atoms with Crippen molar-refractivity contribution in [2.45, 2.75) is 136 Å². The Morgan fingerprint density at radius 1 is 0.567 bits per heavy atom. The van der Waals surface area contributed by atoms with Crippen LogP contribution in [0.1, 0.15) is 125 Å². The van der Waals surface area contributed by atoms with E-state index >= 15 is 0 Å². The first-order valence-corrected chi connectivity index (χ1v) is 13.7. The number of benzene rings is 1. The smallest absolute Gasteiger partial charge is 0.282 e. The van der Waals surface area contributed by atoms with E-state index < -0.39 is 10.1 Å². The van der Waals surface area contributed by atoms with Crippen LogP contribution in [-0.2, 0) is 16.5 Å². The first kappa shape index (κ1) is 27.2. The van der Waals surface area contributed by atoms with Gasteiger partial charge in [0, 0.05) is 0 Å². The number of hydrogen-bond donors (Lipinski definition) is 1. The molecule has 0 aliphatic rings. The van der Waals surface area contributed by atoms with Crippen molar-refractivity contribution < 1.29 is 13.0 Å². The largest absolute Gasteiger partial charge is 0.295 e. The van der Waals surface area contributed by atoms with Gasteiger partial charge in [-0.2, -0.15) is 8.42 Å². The summed E-state index contributed by atoms with van der Waals surface area (Å²) in [5.41, 5.74) is 4.63. The molecule has 1 aromatic carbocycles. The summed E-state index contributed by atoms with van der Waals surface area (Å²) in [6.45, 7) is 10.0. The predicted octanol–water partition coefficient (Wildman–Crippen LogP) is 8.19. The summed E-state index contributed by atoms with van der Waals surface area (Å²) >= 11 is 0. The van der Waals surface area contributed by atoms with Gasteiger partial charge in [0.1, 0.15) is 4.90 Å². The molecule has 0 atom stereocenters. The van der Waals surface area contributed by atoms with Gasteiger partial charge in [-0.15, -0.1) is 0 Å². The molecule has 0 bridgehead atoms. The molecular formula is C26H46O3S. The molecule has 3 nitrogen and oxygen atoms in total. The van der Waals surface area contributed by atoms with E-state index in [4.69, 9.17) is 0 Å². The van der Waals surface area contributed by atoms with Crippen molar-refractivity contribution in [3.05, 3.63) is 27.8 Å². The quantitative estimate of drug-likeness (QED) is 0.209. The zero-order chi connectivity index (χ0) is 22.6. The van der Waals surface area contributed by atoms with Crippen LogP contribution in [0, 0.1) is 27.7 Å². The number of unbranched alkanes of at least 4 members (excludes halogenated alkanes) is 13.